The van der Waals surface area contributed by atoms with E-state index in [1.807, 2.05) is 0 Å². The van der Waals surface area contributed by atoms with Crippen molar-refractivity contribution in [2.45, 2.75) is 11.6 Å². The van der Waals surface area contributed by atoms with Crippen molar-refractivity contribution >= 4 is 35.0 Å². The van der Waals surface area contributed by atoms with Crippen molar-refractivity contribution in [3.05, 3.63) is 47.7 Å². The number of anilines is 1. The van der Waals surface area contributed by atoms with Crippen LogP contribution in [0.15, 0.2) is 47.9 Å². The number of amides is 1. The molecule has 0 aliphatic rings. The summed E-state index contributed by atoms with van der Waals surface area (Å²) < 4.78 is 0. The first-order chi connectivity index (χ1) is 9.24. The minimum Gasteiger partial charge on any atom is -0.326 e. The zero-order valence-corrected chi connectivity index (χ0v) is 11.6. The Kier molecular flexibility index (Phi) is 5.18. The van der Waals surface area contributed by atoms with Crippen LogP contribution in [0.2, 0.25) is 5.02 Å². The molecule has 1 aromatic heterocycles. The molecule has 0 saturated carbocycles. The van der Waals surface area contributed by atoms with Gasteiger partial charge in [0.25, 0.3) is 0 Å². The van der Waals surface area contributed by atoms with Crippen molar-refractivity contribution in [1.82, 2.24) is 9.97 Å². The Bertz CT molecular complexity index is 551. The minimum atomic E-state index is -0.0503. The summed E-state index contributed by atoms with van der Waals surface area (Å²) >= 11 is 7.29. The average Bonchev–Trinajstić information content (AvgIpc) is 2.40. The van der Waals surface area contributed by atoms with Crippen molar-refractivity contribution in [3.63, 3.8) is 0 Å². The Morgan fingerprint density at radius 2 is 2.05 bits per heavy atom. The van der Waals surface area contributed by atoms with Gasteiger partial charge < -0.3 is 5.32 Å². The highest BCUT2D eigenvalue weighted by Gasteiger charge is 2.04. The lowest BCUT2D eigenvalue weighted by atomic mass is 10.3. The van der Waals surface area contributed by atoms with Crippen molar-refractivity contribution < 1.29 is 4.79 Å². The lowest BCUT2D eigenvalue weighted by Crippen LogP contribution is -2.12. The van der Waals surface area contributed by atoms with E-state index in [0.29, 0.717) is 28.0 Å². The quantitative estimate of drug-likeness (QED) is 0.679. The Hall–Kier alpha value is -1.59. The molecule has 1 heterocycles. The van der Waals surface area contributed by atoms with Gasteiger partial charge in [0.15, 0.2) is 5.16 Å². The van der Waals surface area contributed by atoms with E-state index in [1.165, 1.54) is 11.8 Å². The standard InChI is InChI=1S/C13H12ClN3OS/c14-10-3-1-4-11(9-10)17-12(18)5-8-19-13-15-6-2-7-16-13/h1-4,6-7,9H,5,8H2,(H,17,18). The topological polar surface area (TPSA) is 54.9 Å². The van der Waals surface area contributed by atoms with Gasteiger partial charge >= 0.3 is 0 Å². The number of rotatable bonds is 5. The third kappa shape index (κ3) is 4.89. The SMILES string of the molecule is O=C(CCSc1ncccn1)Nc1cccc(Cl)c1. The molecule has 1 N–H and O–H groups in total. The van der Waals surface area contributed by atoms with Gasteiger partial charge in [-0.2, -0.15) is 0 Å². The fourth-order valence-corrected chi connectivity index (χ4v) is 2.32. The summed E-state index contributed by atoms with van der Waals surface area (Å²) in [5.74, 6) is 0.585. The first-order valence-corrected chi connectivity index (χ1v) is 7.05. The van der Waals surface area contributed by atoms with Crippen molar-refractivity contribution in [3.8, 4) is 0 Å². The number of halogens is 1. The number of benzene rings is 1. The van der Waals surface area contributed by atoms with Gasteiger partial charge in [0.2, 0.25) is 5.91 Å². The van der Waals surface area contributed by atoms with Crippen LogP contribution in [0.4, 0.5) is 5.69 Å². The van der Waals surface area contributed by atoms with E-state index in [1.54, 1.807) is 42.7 Å². The molecule has 0 unspecified atom stereocenters. The van der Waals surface area contributed by atoms with Crippen molar-refractivity contribution in [1.29, 1.82) is 0 Å². The Morgan fingerprint density at radius 1 is 1.26 bits per heavy atom. The highest BCUT2D eigenvalue weighted by Crippen LogP contribution is 2.16. The predicted octanol–water partition coefficient (Wildman–Crippen LogP) is 3.25. The molecule has 0 spiro atoms. The number of carbonyl (C=O) groups excluding carboxylic acids is 1. The van der Waals surface area contributed by atoms with E-state index >= 15 is 0 Å². The maximum Gasteiger partial charge on any atom is 0.225 e. The smallest absolute Gasteiger partial charge is 0.225 e. The summed E-state index contributed by atoms with van der Waals surface area (Å²) in [4.78, 5) is 19.9. The van der Waals surface area contributed by atoms with Gasteiger partial charge in [0, 0.05) is 35.3 Å². The monoisotopic (exact) mass is 293 g/mol. The Morgan fingerprint density at radius 3 is 2.79 bits per heavy atom. The number of nitrogens with zero attached hydrogens (tertiary/aromatic N) is 2. The van der Waals surface area contributed by atoms with Gasteiger partial charge in [-0.25, -0.2) is 9.97 Å². The summed E-state index contributed by atoms with van der Waals surface area (Å²) in [6.45, 7) is 0. The maximum atomic E-state index is 11.7. The number of hydrogen-bond donors (Lipinski definition) is 1. The third-order valence-electron chi connectivity index (χ3n) is 2.21. The molecule has 0 bridgehead atoms. The van der Waals surface area contributed by atoms with Crippen LogP contribution in [0, 0.1) is 0 Å². The highest BCUT2D eigenvalue weighted by atomic mass is 35.5. The largest absolute Gasteiger partial charge is 0.326 e. The molecule has 0 atom stereocenters. The van der Waals surface area contributed by atoms with Crippen LogP contribution < -0.4 is 5.32 Å². The maximum absolute atomic E-state index is 11.7. The number of hydrogen-bond acceptors (Lipinski definition) is 4. The lowest BCUT2D eigenvalue weighted by molar-refractivity contribution is -0.115. The molecule has 1 aromatic carbocycles. The molecule has 98 valence electrons. The number of thioether (sulfide) groups is 1. The van der Waals surface area contributed by atoms with Crippen LogP contribution in [-0.2, 0) is 4.79 Å². The zero-order valence-electron chi connectivity index (χ0n) is 10.0. The fourth-order valence-electron chi connectivity index (χ4n) is 1.38. The van der Waals surface area contributed by atoms with E-state index in [4.69, 9.17) is 11.6 Å². The Labute approximate surface area is 120 Å². The van der Waals surface area contributed by atoms with Crippen LogP contribution >= 0.6 is 23.4 Å². The molecule has 6 heteroatoms. The molecule has 0 fully saturated rings. The van der Waals surface area contributed by atoms with Gasteiger partial charge in [0.05, 0.1) is 0 Å². The second-order valence-corrected chi connectivity index (χ2v) is 5.19. The summed E-state index contributed by atoms with van der Waals surface area (Å²) in [7, 11) is 0. The van der Waals surface area contributed by atoms with Crippen LogP contribution in [0.25, 0.3) is 0 Å². The number of nitrogens with one attached hydrogen (secondary N) is 1. The van der Waals surface area contributed by atoms with Gasteiger partial charge in [-0.1, -0.05) is 29.4 Å². The minimum absolute atomic E-state index is 0.0503. The van der Waals surface area contributed by atoms with Gasteiger partial charge in [-0.15, -0.1) is 0 Å². The molecule has 0 aliphatic heterocycles. The van der Waals surface area contributed by atoms with E-state index in [-0.39, 0.29) is 5.91 Å². The molecule has 0 aliphatic carbocycles. The molecule has 19 heavy (non-hydrogen) atoms. The first-order valence-electron chi connectivity index (χ1n) is 5.69. The van der Waals surface area contributed by atoms with Crippen molar-refractivity contribution in [2.75, 3.05) is 11.1 Å². The summed E-state index contributed by atoms with van der Waals surface area (Å²) in [5, 5.41) is 4.07. The molecule has 1 amide bonds. The zero-order chi connectivity index (χ0) is 13.5. The van der Waals surface area contributed by atoms with E-state index in [9.17, 15) is 4.79 Å². The van der Waals surface area contributed by atoms with Crippen molar-refractivity contribution in [2.24, 2.45) is 0 Å². The molecule has 0 saturated heterocycles. The highest BCUT2D eigenvalue weighted by molar-refractivity contribution is 7.99. The fraction of sp³-hybridized carbons (Fsp3) is 0.154. The molecule has 4 nitrogen and oxygen atoms in total. The van der Waals surface area contributed by atoms with Gasteiger partial charge in [0.1, 0.15) is 0 Å². The molecule has 2 aromatic rings. The average molecular weight is 294 g/mol. The predicted molar refractivity (Wildman–Crippen MR) is 77.5 cm³/mol. The summed E-state index contributed by atoms with van der Waals surface area (Å²) in [6, 6.07) is 8.84. The lowest BCUT2D eigenvalue weighted by Gasteiger charge is -2.05. The van der Waals surface area contributed by atoms with Crippen LogP contribution in [-0.4, -0.2) is 21.6 Å². The molecular formula is C13H12ClN3OS. The van der Waals surface area contributed by atoms with Crippen LogP contribution in [0.3, 0.4) is 0 Å². The number of aromatic nitrogens is 2. The normalized spacial score (nSPS) is 10.2. The van der Waals surface area contributed by atoms with Crippen LogP contribution in [0.5, 0.6) is 0 Å². The second-order valence-electron chi connectivity index (χ2n) is 3.69. The van der Waals surface area contributed by atoms with E-state index in [2.05, 4.69) is 15.3 Å². The molecular weight excluding hydrogens is 282 g/mol. The first kappa shape index (κ1) is 13.8. The van der Waals surface area contributed by atoms with Crippen LogP contribution in [0.1, 0.15) is 6.42 Å². The number of carbonyl (C=O) groups is 1. The van der Waals surface area contributed by atoms with Gasteiger partial charge in [-0.3, -0.25) is 4.79 Å². The Balaban J connectivity index is 1.76. The van der Waals surface area contributed by atoms with Gasteiger partial charge in [-0.05, 0) is 24.3 Å². The molecule has 0 radical (unpaired) electrons. The molecule has 2 rings (SSSR count). The second kappa shape index (κ2) is 7.11. The summed E-state index contributed by atoms with van der Waals surface area (Å²) in [6.07, 6.45) is 3.76. The summed E-state index contributed by atoms with van der Waals surface area (Å²) in [5.41, 5.74) is 0.707. The van der Waals surface area contributed by atoms with E-state index < -0.39 is 0 Å². The third-order valence-corrected chi connectivity index (χ3v) is 3.32. The van der Waals surface area contributed by atoms with E-state index in [0.717, 1.165) is 0 Å².